The Kier molecular flexibility index (Phi) is 9.91. The molecule has 20 nitrogen and oxygen atoms in total. The van der Waals surface area contributed by atoms with Crippen LogP contribution in [-0.4, -0.2) is 65.6 Å². The van der Waals surface area contributed by atoms with Gasteiger partial charge in [-0.3, -0.25) is 4.57 Å². The number of fused-ring (bicyclic) bond motifs is 1. The number of carbonyl (C=O) groups is 1. The number of aromatic amines is 1. The number of H-pyrrole nitrogens is 1. The zero-order chi connectivity index (χ0) is 35.9. The molecular weight excluding hydrogens is 676 g/mol. The summed E-state index contributed by atoms with van der Waals surface area (Å²) in [4.78, 5) is 59.5. The van der Waals surface area contributed by atoms with Crippen LogP contribution < -0.4 is 10.6 Å². The highest BCUT2D eigenvalue weighted by Crippen LogP contribution is 2.31. The number of aromatic nitrogens is 6. The van der Waals surface area contributed by atoms with Gasteiger partial charge in [0.1, 0.15) is 12.7 Å². The number of hydrogen-bond acceptors (Lipinski definition) is 16. The van der Waals surface area contributed by atoms with Crippen LogP contribution in [0.1, 0.15) is 34.4 Å². The van der Waals surface area contributed by atoms with Crippen molar-refractivity contribution >= 4 is 17.0 Å². The monoisotopic (exact) mass is 702 g/mol. The predicted molar refractivity (Wildman–Crippen MR) is 170 cm³/mol. The van der Waals surface area contributed by atoms with E-state index in [1.165, 1.54) is 6.07 Å². The number of rotatable bonds is 16. The molecule has 3 heterocycles. The maximum atomic E-state index is 13.2. The Hall–Kier alpha value is -7.12. The molecule has 0 aliphatic carbocycles. The maximum Gasteiger partial charge on any atom is 0.519 e. The van der Waals surface area contributed by atoms with Gasteiger partial charge >= 0.3 is 11.8 Å². The lowest BCUT2D eigenvalue weighted by atomic mass is 9.98. The summed E-state index contributed by atoms with van der Waals surface area (Å²) in [5.74, 6) is -2.09. The molecule has 0 saturated heterocycles. The van der Waals surface area contributed by atoms with Crippen molar-refractivity contribution in [2.24, 2.45) is 0 Å². The largest absolute Gasteiger partial charge is 0.519 e. The Morgan fingerprint density at radius 2 is 1.76 bits per heavy atom. The van der Waals surface area contributed by atoms with E-state index in [4.69, 9.17) is 18.3 Å². The van der Waals surface area contributed by atoms with E-state index in [1.807, 2.05) is 60.0 Å². The average Bonchev–Trinajstić information content (AvgIpc) is 3.86. The van der Waals surface area contributed by atoms with Crippen LogP contribution in [0.5, 0.6) is 6.01 Å². The van der Waals surface area contributed by atoms with Crippen molar-refractivity contribution in [1.29, 1.82) is 0 Å². The van der Waals surface area contributed by atoms with E-state index in [9.17, 15) is 29.8 Å². The molecule has 20 heteroatoms. The summed E-state index contributed by atoms with van der Waals surface area (Å²) in [5.41, 5.74) is 4.84. The number of tetrazole rings is 1. The van der Waals surface area contributed by atoms with Gasteiger partial charge in [-0.1, -0.05) is 48.5 Å². The first-order valence-electron chi connectivity index (χ1n) is 15.1. The van der Waals surface area contributed by atoms with Gasteiger partial charge in [0.05, 0.1) is 29.7 Å². The molecule has 0 fully saturated rings. The molecule has 0 spiro atoms. The highest BCUT2D eigenvalue weighted by Gasteiger charge is 2.24. The van der Waals surface area contributed by atoms with Crippen LogP contribution in [0, 0.1) is 20.2 Å². The van der Waals surface area contributed by atoms with Gasteiger partial charge in [-0.05, 0) is 47.0 Å². The number of benzene rings is 3. The van der Waals surface area contributed by atoms with E-state index in [-0.39, 0.29) is 17.1 Å². The fraction of sp³-hybridized carbons (Fsp3) is 0.226. The fourth-order valence-electron chi connectivity index (χ4n) is 5.21. The van der Waals surface area contributed by atoms with Gasteiger partial charge in [-0.2, -0.15) is 10.2 Å². The van der Waals surface area contributed by atoms with Crippen molar-refractivity contribution in [2.75, 3.05) is 13.2 Å². The Morgan fingerprint density at radius 1 is 1.00 bits per heavy atom. The number of esters is 1. The maximum absolute atomic E-state index is 13.2. The standard InChI is InChI=1S/C31H26N8O12/c1-2-46-30-32-24-12-11-20(29(40)47-17-27-26(49-31(41)50-27)14-21(51-39(44)45)16-48-38(42)43)13-25(24)37(30)15-18-7-9-19(10-8-18)22-5-3-4-6-23(22)28-33-35-36-34-28/h3-13,21H,2,14-17H2,1H3,(H,33,34,35,36)/t21-/m0/s1. The minimum atomic E-state index is -1.54. The number of nitrogens with zero attached hydrogens (tertiary/aromatic N) is 7. The van der Waals surface area contributed by atoms with Crippen molar-refractivity contribution in [2.45, 2.75) is 32.6 Å². The second-order valence-corrected chi connectivity index (χ2v) is 10.6. The van der Waals surface area contributed by atoms with Gasteiger partial charge in [-0.15, -0.1) is 30.4 Å². The van der Waals surface area contributed by atoms with Crippen LogP contribution in [0.3, 0.4) is 0 Å². The lowest BCUT2D eigenvalue weighted by Crippen LogP contribution is -2.27. The molecule has 0 aliphatic heterocycles. The summed E-state index contributed by atoms with van der Waals surface area (Å²) in [6, 6.07) is 20.6. The SMILES string of the molecule is CCOc1nc2ccc(C(=O)OCc3oc(=O)oc3C[C@@H](CO[N+](=O)[O-])O[N+](=O)[O-])cc2n1Cc1ccc(-c2ccccc2-c2nn[nH]n2)cc1. The molecule has 0 aliphatic rings. The lowest BCUT2D eigenvalue weighted by molar-refractivity contribution is -0.790. The Labute approximate surface area is 284 Å². The van der Waals surface area contributed by atoms with Crippen molar-refractivity contribution in [3.8, 4) is 28.5 Å². The van der Waals surface area contributed by atoms with Gasteiger partial charge in [-0.25, -0.2) is 9.59 Å². The normalized spacial score (nSPS) is 11.6. The van der Waals surface area contributed by atoms with E-state index >= 15 is 0 Å². The minimum Gasteiger partial charge on any atom is -0.465 e. The minimum absolute atomic E-state index is 0.126. The molecule has 0 radical (unpaired) electrons. The molecule has 1 N–H and O–H groups in total. The second kappa shape index (κ2) is 15.0. The van der Waals surface area contributed by atoms with Crippen molar-refractivity contribution in [1.82, 2.24) is 30.2 Å². The van der Waals surface area contributed by atoms with Gasteiger partial charge < -0.3 is 28.0 Å². The van der Waals surface area contributed by atoms with Gasteiger partial charge in [0.25, 0.3) is 16.2 Å². The van der Waals surface area contributed by atoms with E-state index < -0.39 is 47.7 Å². The first-order chi connectivity index (χ1) is 24.7. The molecule has 262 valence electrons. The van der Waals surface area contributed by atoms with Crippen LogP contribution in [-0.2, 0) is 34.0 Å². The molecule has 6 rings (SSSR count). The van der Waals surface area contributed by atoms with Crippen LogP contribution >= 0.6 is 0 Å². The third-order valence-corrected chi connectivity index (χ3v) is 7.41. The third-order valence-electron chi connectivity index (χ3n) is 7.41. The Bertz CT molecular complexity index is 2230. The zero-order valence-electron chi connectivity index (χ0n) is 26.5. The number of imidazole rings is 1. The summed E-state index contributed by atoms with van der Waals surface area (Å²) >= 11 is 0. The van der Waals surface area contributed by atoms with Crippen LogP contribution in [0.15, 0.2) is 80.4 Å². The van der Waals surface area contributed by atoms with Gasteiger partial charge in [0.15, 0.2) is 18.1 Å². The first-order valence-corrected chi connectivity index (χ1v) is 15.1. The fourth-order valence-corrected chi connectivity index (χ4v) is 5.21. The van der Waals surface area contributed by atoms with Crippen LogP contribution in [0.25, 0.3) is 33.5 Å². The molecule has 0 unspecified atom stereocenters. The first kappa shape index (κ1) is 33.8. The van der Waals surface area contributed by atoms with E-state index in [0.717, 1.165) is 22.3 Å². The topological polar surface area (TPSA) is 256 Å². The zero-order valence-corrected chi connectivity index (χ0v) is 26.5. The van der Waals surface area contributed by atoms with E-state index in [2.05, 4.69) is 35.3 Å². The number of carbonyl (C=O) groups excluding carboxylic acids is 1. The highest BCUT2D eigenvalue weighted by molar-refractivity contribution is 5.94. The number of nitrogens with one attached hydrogen (secondary N) is 1. The molecule has 0 amide bonds. The molecule has 1 atom stereocenters. The summed E-state index contributed by atoms with van der Waals surface area (Å²) in [6.45, 7) is 1.05. The molecule has 51 heavy (non-hydrogen) atoms. The summed E-state index contributed by atoms with van der Waals surface area (Å²) < 4.78 is 22.8. The quantitative estimate of drug-likeness (QED) is 0.0859. The molecule has 6 aromatic rings. The van der Waals surface area contributed by atoms with Crippen molar-refractivity contribution in [3.05, 3.63) is 120 Å². The highest BCUT2D eigenvalue weighted by atomic mass is 17.0. The average molecular weight is 703 g/mol. The number of ether oxygens (including phenoxy) is 2. The molecule has 0 bridgehead atoms. The summed E-state index contributed by atoms with van der Waals surface area (Å²) in [7, 11) is 0. The summed E-state index contributed by atoms with van der Waals surface area (Å²) in [6.07, 6.45) is -2.07. The van der Waals surface area contributed by atoms with Crippen molar-refractivity contribution in [3.63, 3.8) is 0 Å². The molecule has 0 saturated carbocycles. The summed E-state index contributed by atoms with van der Waals surface area (Å²) in [5, 5.41) is 33.4. The predicted octanol–water partition coefficient (Wildman–Crippen LogP) is 3.56. The molecule has 3 aromatic carbocycles. The Morgan fingerprint density at radius 3 is 2.47 bits per heavy atom. The van der Waals surface area contributed by atoms with Crippen LogP contribution in [0.4, 0.5) is 0 Å². The van der Waals surface area contributed by atoms with Gasteiger partial charge in [0.2, 0.25) is 5.82 Å². The van der Waals surface area contributed by atoms with Gasteiger partial charge in [0, 0.05) is 12.0 Å². The molecular formula is C31H26N8O12. The number of hydrogen-bond donors (Lipinski definition) is 1. The van der Waals surface area contributed by atoms with E-state index in [1.54, 1.807) is 12.1 Å². The third kappa shape index (κ3) is 7.96. The molecule has 3 aromatic heterocycles. The Balaban J connectivity index is 1.20. The second-order valence-electron chi connectivity index (χ2n) is 10.6. The lowest BCUT2D eigenvalue weighted by Gasteiger charge is -2.12. The van der Waals surface area contributed by atoms with Crippen LogP contribution in [0.2, 0.25) is 0 Å². The van der Waals surface area contributed by atoms with Crippen molar-refractivity contribution < 1.29 is 43.0 Å². The van der Waals surface area contributed by atoms with E-state index in [0.29, 0.717) is 36.0 Å². The smallest absolute Gasteiger partial charge is 0.465 e.